The highest BCUT2D eigenvalue weighted by Crippen LogP contribution is 2.21. The van der Waals surface area contributed by atoms with Gasteiger partial charge in [-0.1, -0.05) is 13.8 Å². The quantitative estimate of drug-likeness (QED) is 0.648. The van der Waals surface area contributed by atoms with E-state index in [4.69, 9.17) is 10.5 Å². The van der Waals surface area contributed by atoms with Gasteiger partial charge in [0.25, 0.3) is 0 Å². The van der Waals surface area contributed by atoms with E-state index in [1.165, 1.54) is 12.4 Å². The lowest BCUT2D eigenvalue weighted by Crippen LogP contribution is -1.98. The Morgan fingerprint density at radius 2 is 1.62 bits per heavy atom. The van der Waals surface area contributed by atoms with Gasteiger partial charge in [0.15, 0.2) is 0 Å². The van der Waals surface area contributed by atoms with Gasteiger partial charge in [0, 0.05) is 12.4 Å². The van der Waals surface area contributed by atoms with Crippen molar-refractivity contribution in [3.05, 3.63) is 29.1 Å². The SMILES string of the molecule is CC(C)c1c(C#N)cncc1C#N. The molecule has 0 aliphatic heterocycles. The van der Waals surface area contributed by atoms with Crippen LogP contribution in [0.3, 0.4) is 0 Å². The van der Waals surface area contributed by atoms with Crippen LogP contribution in [0.25, 0.3) is 0 Å². The van der Waals surface area contributed by atoms with Crippen molar-refractivity contribution in [3.63, 3.8) is 0 Å². The summed E-state index contributed by atoms with van der Waals surface area (Å²) in [6, 6.07) is 4.08. The maximum absolute atomic E-state index is 8.79. The van der Waals surface area contributed by atoms with E-state index < -0.39 is 0 Å². The van der Waals surface area contributed by atoms with E-state index in [1.54, 1.807) is 0 Å². The van der Waals surface area contributed by atoms with Gasteiger partial charge in [-0.3, -0.25) is 4.98 Å². The molecule has 0 atom stereocenters. The van der Waals surface area contributed by atoms with Crippen LogP contribution in [0.4, 0.5) is 0 Å². The van der Waals surface area contributed by atoms with Gasteiger partial charge in [0.05, 0.1) is 11.1 Å². The molecule has 0 fully saturated rings. The zero-order chi connectivity index (χ0) is 9.84. The summed E-state index contributed by atoms with van der Waals surface area (Å²) in [7, 11) is 0. The van der Waals surface area contributed by atoms with E-state index >= 15 is 0 Å². The first-order valence-corrected chi connectivity index (χ1v) is 3.98. The Kier molecular flexibility index (Phi) is 2.62. The molecule has 0 aromatic carbocycles. The molecule has 3 nitrogen and oxygen atoms in total. The third kappa shape index (κ3) is 1.65. The van der Waals surface area contributed by atoms with E-state index in [9.17, 15) is 0 Å². The summed E-state index contributed by atoms with van der Waals surface area (Å²) < 4.78 is 0. The molecule has 0 spiro atoms. The number of hydrogen-bond donors (Lipinski definition) is 0. The predicted octanol–water partition coefficient (Wildman–Crippen LogP) is 1.95. The highest BCUT2D eigenvalue weighted by atomic mass is 14.6. The number of aromatic nitrogens is 1. The number of nitriles is 2. The molecule has 1 aromatic rings. The van der Waals surface area contributed by atoms with Gasteiger partial charge in [-0.25, -0.2) is 0 Å². The van der Waals surface area contributed by atoms with Crippen LogP contribution in [0.15, 0.2) is 12.4 Å². The molecule has 0 aliphatic carbocycles. The van der Waals surface area contributed by atoms with E-state index in [1.807, 2.05) is 26.0 Å². The summed E-state index contributed by atoms with van der Waals surface area (Å²) in [5, 5.41) is 17.6. The van der Waals surface area contributed by atoms with Gasteiger partial charge in [0.2, 0.25) is 0 Å². The Hall–Kier alpha value is -1.87. The second kappa shape index (κ2) is 3.69. The molecule has 0 saturated heterocycles. The molecule has 64 valence electrons. The number of pyridine rings is 1. The first-order valence-electron chi connectivity index (χ1n) is 3.98. The molecule has 1 heterocycles. The van der Waals surface area contributed by atoms with Crippen molar-refractivity contribution in [2.75, 3.05) is 0 Å². The Bertz CT molecular complexity index is 361. The van der Waals surface area contributed by atoms with Crippen LogP contribution in [0.1, 0.15) is 36.5 Å². The lowest BCUT2D eigenvalue weighted by molar-refractivity contribution is 0.853. The standard InChI is InChI=1S/C10H9N3/c1-7(2)10-8(3-11)5-13-6-9(10)4-12/h5-7H,1-2H3. The van der Waals surface area contributed by atoms with Gasteiger partial charge < -0.3 is 0 Å². The molecule has 1 aromatic heterocycles. The van der Waals surface area contributed by atoms with E-state index in [0.717, 1.165) is 5.56 Å². The van der Waals surface area contributed by atoms with Crippen LogP contribution < -0.4 is 0 Å². The maximum atomic E-state index is 8.79. The van der Waals surface area contributed by atoms with Crippen molar-refractivity contribution in [1.82, 2.24) is 4.98 Å². The molecule has 13 heavy (non-hydrogen) atoms. The molecule has 0 amide bonds. The fourth-order valence-electron chi connectivity index (χ4n) is 1.27. The molecule has 0 saturated carbocycles. The average Bonchev–Trinajstić information content (AvgIpc) is 2.16. The van der Waals surface area contributed by atoms with E-state index in [-0.39, 0.29) is 5.92 Å². The van der Waals surface area contributed by atoms with Crippen LogP contribution in [0.5, 0.6) is 0 Å². The minimum Gasteiger partial charge on any atom is -0.262 e. The minimum absolute atomic E-state index is 0.173. The summed E-state index contributed by atoms with van der Waals surface area (Å²) in [4.78, 5) is 3.82. The third-order valence-electron chi connectivity index (χ3n) is 1.81. The maximum Gasteiger partial charge on any atom is 0.101 e. The molecule has 3 heteroatoms. The summed E-state index contributed by atoms with van der Waals surface area (Å²) >= 11 is 0. The normalized spacial score (nSPS) is 9.31. The van der Waals surface area contributed by atoms with Crippen LogP contribution in [-0.2, 0) is 0 Å². The van der Waals surface area contributed by atoms with Crippen molar-refractivity contribution >= 4 is 0 Å². The third-order valence-corrected chi connectivity index (χ3v) is 1.81. The monoisotopic (exact) mass is 171 g/mol. The predicted molar refractivity (Wildman–Crippen MR) is 47.8 cm³/mol. The second-order valence-corrected chi connectivity index (χ2v) is 3.03. The summed E-state index contributed by atoms with van der Waals surface area (Å²) in [6.07, 6.45) is 2.99. The van der Waals surface area contributed by atoms with Crippen molar-refractivity contribution in [2.45, 2.75) is 19.8 Å². The molecule has 0 radical (unpaired) electrons. The Balaban J connectivity index is 3.43. The van der Waals surface area contributed by atoms with Gasteiger partial charge >= 0.3 is 0 Å². The zero-order valence-electron chi connectivity index (χ0n) is 7.57. The van der Waals surface area contributed by atoms with Gasteiger partial charge in [-0.15, -0.1) is 0 Å². The summed E-state index contributed by atoms with van der Waals surface area (Å²) in [5.74, 6) is 0.173. The first-order chi connectivity index (χ1) is 6.20. The number of hydrogen-bond acceptors (Lipinski definition) is 3. The van der Waals surface area contributed by atoms with Crippen LogP contribution in [0, 0.1) is 22.7 Å². The van der Waals surface area contributed by atoms with Gasteiger partial charge in [-0.05, 0) is 11.5 Å². The van der Waals surface area contributed by atoms with Crippen LogP contribution in [-0.4, -0.2) is 4.98 Å². The molecule has 0 aliphatic rings. The molecule has 1 rings (SSSR count). The fraction of sp³-hybridized carbons (Fsp3) is 0.300. The molecule has 0 N–H and O–H groups in total. The van der Waals surface area contributed by atoms with E-state index in [2.05, 4.69) is 4.98 Å². The number of nitrogens with zero attached hydrogens (tertiary/aromatic N) is 3. The molecular weight excluding hydrogens is 162 g/mol. The van der Waals surface area contributed by atoms with Crippen molar-refractivity contribution in [1.29, 1.82) is 10.5 Å². The smallest absolute Gasteiger partial charge is 0.101 e. The highest BCUT2D eigenvalue weighted by molar-refractivity contribution is 5.47. The largest absolute Gasteiger partial charge is 0.262 e. The Morgan fingerprint density at radius 3 is 1.92 bits per heavy atom. The lowest BCUT2D eigenvalue weighted by atomic mass is 9.95. The van der Waals surface area contributed by atoms with Gasteiger partial charge in [0.1, 0.15) is 12.1 Å². The van der Waals surface area contributed by atoms with Crippen molar-refractivity contribution < 1.29 is 0 Å². The fourth-order valence-corrected chi connectivity index (χ4v) is 1.27. The van der Waals surface area contributed by atoms with Crippen molar-refractivity contribution in [2.24, 2.45) is 0 Å². The van der Waals surface area contributed by atoms with Crippen LogP contribution >= 0.6 is 0 Å². The van der Waals surface area contributed by atoms with Gasteiger partial charge in [-0.2, -0.15) is 10.5 Å². The Morgan fingerprint density at radius 1 is 1.15 bits per heavy atom. The van der Waals surface area contributed by atoms with Crippen LogP contribution in [0.2, 0.25) is 0 Å². The van der Waals surface area contributed by atoms with Crippen molar-refractivity contribution in [3.8, 4) is 12.1 Å². The Labute approximate surface area is 77.3 Å². The zero-order valence-corrected chi connectivity index (χ0v) is 7.57. The lowest BCUT2D eigenvalue weighted by Gasteiger charge is -2.08. The summed E-state index contributed by atoms with van der Waals surface area (Å²) in [6.45, 7) is 3.91. The summed E-state index contributed by atoms with van der Waals surface area (Å²) in [5.41, 5.74) is 1.78. The van der Waals surface area contributed by atoms with E-state index in [0.29, 0.717) is 11.1 Å². The number of rotatable bonds is 1. The highest BCUT2D eigenvalue weighted by Gasteiger charge is 2.11. The molecule has 0 unspecified atom stereocenters. The molecule has 0 bridgehead atoms. The molecular formula is C10H9N3. The average molecular weight is 171 g/mol. The minimum atomic E-state index is 0.173. The topological polar surface area (TPSA) is 60.5 Å². The first kappa shape index (κ1) is 9.22. The second-order valence-electron chi connectivity index (χ2n) is 3.03.